The first-order valence-corrected chi connectivity index (χ1v) is 7.90. The average Bonchev–Trinajstić information content (AvgIpc) is 2.93. The third-order valence-electron chi connectivity index (χ3n) is 3.89. The number of thiazole rings is 1. The third-order valence-corrected chi connectivity index (χ3v) is 4.65. The molecule has 1 N–H and O–H groups in total. The molecule has 20 heavy (non-hydrogen) atoms. The van der Waals surface area contributed by atoms with E-state index < -0.39 is 5.54 Å². The van der Waals surface area contributed by atoms with Gasteiger partial charge in [-0.05, 0) is 19.8 Å². The molecule has 2 amide bonds. The summed E-state index contributed by atoms with van der Waals surface area (Å²) in [5.74, 6) is -0.0354. The Morgan fingerprint density at radius 1 is 1.45 bits per heavy atom. The predicted octanol–water partition coefficient (Wildman–Crippen LogP) is 1.94. The fourth-order valence-electron chi connectivity index (χ4n) is 2.48. The summed E-state index contributed by atoms with van der Waals surface area (Å²) in [6.45, 7) is 6.21. The van der Waals surface area contributed by atoms with Gasteiger partial charge in [0.1, 0.15) is 11.6 Å². The highest BCUT2D eigenvalue weighted by molar-refractivity contribution is 7.09. The maximum Gasteiger partial charge on any atom is 0.249 e. The summed E-state index contributed by atoms with van der Waals surface area (Å²) >= 11 is 1.51. The van der Waals surface area contributed by atoms with Crippen molar-refractivity contribution in [3.05, 3.63) is 16.6 Å². The van der Waals surface area contributed by atoms with Crippen LogP contribution in [0.15, 0.2) is 11.7 Å². The highest BCUT2D eigenvalue weighted by Gasteiger charge is 2.46. The summed E-state index contributed by atoms with van der Waals surface area (Å²) in [5.41, 5.74) is 0.962. The molecule has 6 heteroatoms. The zero-order chi connectivity index (χ0) is 14.8. The summed E-state index contributed by atoms with van der Waals surface area (Å²) in [6, 6.07) is -0.366. The zero-order valence-corrected chi connectivity index (χ0v) is 13.0. The van der Waals surface area contributed by atoms with Crippen molar-refractivity contribution in [3.63, 3.8) is 0 Å². The van der Waals surface area contributed by atoms with Crippen LogP contribution in [0.1, 0.15) is 44.9 Å². The van der Waals surface area contributed by atoms with Crippen LogP contribution in [0, 0.1) is 0 Å². The van der Waals surface area contributed by atoms with Crippen LogP contribution in [0.25, 0.3) is 0 Å². The van der Waals surface area contributed by atoms with E-state index in [1.165, 1.54) is 11.3 Å². The fraction of sp³-hybridized carbons (Fsp3) is 0.643. The van der Waals surface area contributed by atoms with Gasteiger partial charge in [0.25, 0.3) is 0 Å². The van der Waals surface area contributed by atoms with Gasteiger partial charge in [0.05, 0.1) is 12.1 Å². The molecule has 110 valence electrons. The summed E-state index contributed by atoms with van der Waals surface area (Å²) in [6.07, 6.45) is 3.91. The van der Waals surface area contributed by atoms with Crippen LogP contribution in [-0.4, -0.2) is 33.3 Å². The average molecular weight is 295 g/mol. The molecule has 0 radical (unpaired) electrons. The molecule has 2 atom stereocenters. The number of carbonyl (C=O) groups is 2. The van der Waals surface area contributed by atoms with E-state index in [0.717, 1.165) is 11.3 Å². The lowest BCUT2D eigenvalue weighted by molar-refractivity contribution is -0.155. The van der Waals surface area contributed by atoms with E-state index in [4.69, 9.17) is 0 Å². The molecule has 1 fully saturated rings. The Kier molecular flexibility index (Phi) is 4.42. The molecular formula is C14H21N3O2S. The van der Waals surface area contributed by atoms with Gasteiger partial charge in [-0.1, -0.05) is 20.3 Å². The minimum atomic E-state index is -0.786. The second-order valence-electron chi connectivity index (χ2n) is 5.38. The quantitative estimate of drug-likeness (QED) is 0.903. The van der Waals surface area contributed by atoms with Gasteiger partial charge in [-0.15, -0.1) is 11.3 Å². The summed E-state index contributed by atoms with van der Waals surface area (Å²) in [4.78, 5) is 31.8. The van der Waals surface area contributed by atoms with Crippen LogP contribution in [0.4, 0.5) is 0 Å². The summed E-state index contributed by atoms with van der Waals surface area (Å²) in [7, 11) is 0. The molecule has 1 aliphatic rings. The number of nitrogens with zero attached hydrogens (tertiary/aromatic N) is 2. The van der Waals surface area contributed by atoms with Gasteiger partial charge in [0, 0.05) is 11.1 Å². The molecule has 0 aliphatic carbocycles. The van der Waals surface area contributed by atoms with Gasteiger partial charge >= 0.3 is 0 Å². The van der Waals surface area contributed by atoms with Gasteiger partial charge in [-0.25, -0.2) is 0 Å². The number of carbonyl (C=O) groups excluding carboxylic acids is 2. The molecule has 2 rings (SSSR count). The SMILES string of the molecule is CCCC1C(=O)NC(C)(CC)C(=O)N1Cc1cncs1. The van der Waals surface area contributed by atoms with Gasteiger partial charge in [-0.3, -0.25) is 14.6 Å². The van der Waals surface area contributed by atoms with Crippen molar-refractivity contribution < 1.29 is 9.59 Å². The molecule has 2 heterocycles. The van der Waals surface area contributed by atoms with E-state index in [9.17, 15) is 9.59 Å². The largest absolute Gasteiger partial charge is 0.340 e. The van der Waals surface area contributed by atoms with Crippen LogP contribution in [-0.2, 0) is 16.1 Å². The van der Waals surface area contributed by atoms with Crippen molar-refractivity contribution in [1.82, 2.24) is 15.2 Å². The maximum absolute atomic E-state index is 12.7. The van der Waals surface area contributed by atoms with Crippen molar-refractivity contribution in [2.24, 2.45) is 0 Å². The van der Waals surface area contributed by atoms with Gasteiger partial charge < -0.3 is 10.2 Å². The number of hydrogen-bond donors (Lipinski definition) is 1. The monoisotopic (exact) mass is 295 g/mol. The first kappa shape index (κ1) is 15.0. The first-order valence-electron chi connectivity index (χ1n) is 7.02. The first-order chi connectivity index (χ1) is 9.51. The van der Waals surface area contributed by atoms with Crippen LogP contribution >= 0.6 is 11.3 Å². The molecule has 1 aromatic rings. The van der Waals surface area contributed by atoms with Crippen LogP contribution in [0.2, 0.25) is 0 Å². The Labute approximate surface area is 123 Å². The molecule has 1 aliphatic heterocycles. The number of piperazine rings is 1. The van der Waals surface area contributed by atoms with Gasteiger partial charge in [0.15, 0.2) is 0 Å². The van der Waals surface area contributed by atoms with Crippen molar-refractivity contribution in [2.45, 2.75) is 58.2 Å². The lowest BCUT2D eigenvalue weighted by atomic mass is 9.90. The topological polar surface area (TPSA) is 62.3 Å². The molecule has 1 saturated heterocycles. The predicted molar refractivity (Wildman–Crippen MR) is 78.2 cm³/mol. The van der Waals surface area contributed by atoms with Gasteiger partial charge in [0.2, 0.25) is 11.8 Å². The van der Waals surface area contributed by atoms with Crippen molar-refractivity contribution in [1.29, 1.82) is 0 Å². The van der Waals surface area contributed by atoms with E-state index in [2.05, 4.69) is 10.3 Å². The van der Waals surface area contributed by atoms with Crippen molar-refractivity contribution in [2.75, 3.05) is 0 Å². The highest BCUT2D eigenvalue weighted by atomic mass is 32.1. The number of amides is 2. The normalized spacial score (nSPS) is 26.8. The number of nitrogens with one attached hydrogen (secondary N) is 1. The minimum absolute atomic E-state index is 0.00597. The molecule has 0 bridgehead atoms. The van der Waals surface area contributed by atoms with E-state index in [1.807, 2.05) is 13.8 Å². The highest BCUT2D eigenvalue weighted by Crippen LogP contribution is 2.26. The molecule has 1 aromatic heterocycles. The second kappa shape index (κ2) is 5.91. The summed E-state index contributed by atoms with van der Waals surface area (Å²) in [5, 5.41) is 2.89. The zero-order valence-electron chi connectivity index (χ0n) is 12.2. The van der Waals surface area contributed by atoms with Gasteiger partial charge in [-0.2, -0.15) is 0 Å². The minimum Gasteiger partial charge on any atom is -0.340 e. The van der Waals surface area contributed by atoms with E-state index in [1.54, 1.807) is 23.5 Å². The Bertz CT molecular complexity index is 489. The molecule has 2 unspecified atom stereocenters. The standard InChI is InChI=1S/C14H21N3O2S/c1-4-6-11-12(18)16-14(3,5-2)13(19)17(11)8-10-7-15-9-20-10/h7,9,11H,4-6,8H2,1-3H3,(H,16,18). The smallest absolute Gasteiger partial charge is 0.249 e. The van der Waals surface area contributed by atoms with E-state index in [-0.39, 0.29) is 17.9 Å². The molecule has 0 saturated carbocycles. The van der Waals surface area contributed by atoms with Crippen molar-refractivity contribution in [3.8, 4) is 0 Å². The van der Waals surface area contributed by atoms with Crippen LogP contribution in [0.3, 0.4) is 0 Å². The van der Waals surface area contributed by atoms with Crippen LogP contribution in [0.5, 0.6) is 0 Å². The lowest BCUT2D eigenvalue weighted by Crippen LogP contribution is -2.68. The molecular weight excluding hydrogens is 274 g/mol. The Balaban J connectivity index is 2.28. The fourth-order valence-corrected chi connectivity index (χ4v) is 3.07. The van der Waals surface area contributed by atoms with Crippen molar-refractivity contribution >= 4 is 23.2 Å². The Morgan fingerprint density at radius 3 is 2.75 bits per heavy atom. The van der Waals surface area contributed by atoms with Crippen LogP contribution < -0.4 is 5.32 Å². The van der Waals surface area contributed by atoms with E-state index >= 15 is 0 Å². The molecule has 0 aromatic carbocycles. The maximum atomic E-state index is 12.7. The molecule has 5 nitrogen and oxygen atoms in total. The number of aromatic nitrogens is 1. The van der Waals surface area contributed by atoms with E-state index in [0.29, 0.717) is 19.4 Å². The lowest BCUT2D eigenvalue weighted by Gasteiger charge is -2.44. The summed E-state index contributed by atoms with van der Waals surface area (Å²) < 4.78 is 0. The second-order valence-corrected chi connectivity index (χ2v) is 6.35. The Hall–Kier alpha value is -1.43. The number of rotatable bonds is 5. The third kappa shape index (κ3) is 2.70. The number of hydrogen-bond acceptors (Lipinski definition) is 4. The Morgan fingerprint density at radius 2 is 2.20 bits per heavy atom. The molecule has 0 spiro atoms.